The molecule has 13 heteroatoms. The number of carbonyl (C=O) groups excluding carboxylic acids is 5. The van der Waals surface area contributed by atoms with Gasteiger partial charge in [-0.15, -0.1) is 0 Å². The summed E-state index contributed by atoms with van der Waals surface area (Å²) in [6.45, 7) is 12.3. The van der Waals surface area contributed by atoms with Crippen molar-refractivity contribution in [2.45, 2.75) is 123 Å². The summed E-state index contributed by atoms with van der Waals surface area (Å²) in [7, 11) is 0. The first-order valence-corrected chi connectivity index (χ1v) is 14.4. The fourth-order valence-electron chi connectivity index (χ4n) is 8.28. The lowest BCUT2D eigenvalue weighted by Gasteiger charge is -2.69. The van der Waals surface area contributed by atoms with Crippen molar-refractivity contribution < 1.29 is 62.6 Å². The molecule has 1 saturated heterocycles. The van der Waals surface area contributed by atoms with Crippen LogP contribution in [0.15, 0.2) is 11.1 Å². The van der Waals surface area contributed by atoms with E-state index in [9.17, 15) is 34.2 Å². The van der Waals surface area contributed by atoms with E-state index in [4.69, 9.17) is 28.4 Å². The van der Waals surface area contributed by atoms with Gasteiger partial charge in [0.1, 0.15) is 23.9 Å². The molecule has 2 bridgehead atoms. The Morgan fingerprint density at radius 1 is 0.837 bits per heavy atom. The predicted octanol–water partition coefficient (Wildman–Crippen LogP) is 1.29. The van der Waals surface area contributed by atoms with Gasteiger partial charge in [-0.3, -0.25) is 24.0 Å². The molecular weight excluding hydrogens is 568 g/mol. The highest BCUT2D eigenvalue weighted by molar-refractivity contribution is 5.70. The van der Waals surface area contributed by atoms with Crippen LogP contribution in [0.3, 0.4) is 0 Å². The normalized spacial score (nSPS) is 41.1. The largest absolute Gasteiger partial charge is 0.462 e. The summed E-state index contributed by atoms with van der Waals surface area (Å²) in [4.78, 5) is 62.7. The smallest absolute Gasteiger partial charge is 0.303 e. The second-order valence-electron chi connectivity index (χ2n) is 13.0. The number of carbonyl (C=O) groups is 5. The van der Waals surface area contributed by atoms with E-state index in [0.717, 1.165) is 6.92 Å². The molecule has 0 amide bonds. The van der Waals surface area contributed by atoms with E-state index in [0.29, 0.717) is 5.57 Å². The highest BCUT2D eigenvalue weighted by atomic mass is 16.6. The van der Waals surface area contributed by atoms with Crippen LogP contribution in [0.2, 0.25) is 0 Å². The minimum absolute atomic E-state index is 0.0208. The van der Waals surface area contributed by atoms with E-state index in [1.807, 2.05) is 0 Å². The Morgan fingerprint density at radius 3 is 1.86 bits per heavy atom. The Labute approximate surface area is 250 Å². The summed E-state index contributed by atoms with van der Waals surface area (Å²) in [5.41, 5.74) is -6.02. The van der Waals surface area contributed by atoms with Gasteiger partial charge in [0.2, 0.25) is 0 Å². The lowest BCUT2D eigenvalue weighted by molar-refractivity contribution is -0.366. The highest BCUT2D eigenvalue weighted by Gasteiger charge is 2.78. The lowest BCUT2D eigenvalue weighted by Crippen LogP contribution is -2.82. The van der Waals surface area contributed by atoms with Gasteiger partial charge in [-0.2, -0.15) is 0 Å². The maximum absolute atomic E-state index is 12.8. The first-order chi connectivity index (χ1) is 19.7. The molecule has 0 radical (unpaired) electrons. The van der Waals surface area contributed by atoms with Crippen molar-refractivity contribution in [1.29, 1.82) is 0 Å². The van der Waals surface area contributed by atoms with Crippen molar-refractivity contribution in [3.05, 3.63) is 11.1 Å². The van der Waals surface area contributed by atoms with Gasteiger partial charge in [-0.25, -0.2) is 0 Å². The molecule has 0 spiro atoms. The van der Waals surface area contributed by atoms with Crippen LogP contribution in [0.4, 0.5) is 0 Å². The van der Waals surface area contributed by atoms with Crippen molar-refractivity contribution in [3.63, 3.8) is 0 Å². The lowest BCUT2D eigenvalue weighted by atomic mass is 9.44. The van der Waals surface area contributed by atoms with Gasteiger partial charge in [-0.1, -0.05) is 20.8 Å². The second-order valence-corrected chi connectivity index (χ2v) is 13.0. The van der Waals surface area contributed by atoms with Crippen LogP contribution < -0.4 is 0 Å². The molecule has 1 aliphatic heterocycles. The van der Waals surface area contributed by atoms with Crippen LogP contribution >= 0.6 is 0 Å². The number of aliphatic hydroxyl groups is 2. The molecule has 10 atom stereocenters. The van der Waals surface area contributed by atoms with Gasteiger partial charge in [0, 0.05) is 58.8 Å². The number of fused-ring (bicyclic) bond motifs is 5. The van der Waals surface area contributed by atoms with Crippen molar-refractivity contribution in [3.8, 4) is 0 Å². The van der Waals surface area contributed by atoms with Gasteiger partial charge in [-0.05, 0) is 18.1 Å². The quantitative estimate of drug-likeness (QED) is 0.258. The first-order valence-electron chi connectivity index (χ1n) is 14.4. The van der Waals surface area contributed by atoms with E-state index < -0.39 is 94.4 Å². The zero-order valence-electron chi connectivity index (χ0n) is 26.0. The molecular formula is C30H42O13. The third-order valence-corrected chi connectivity index (χ3v) is 10.0. The number of hydrogen-bond donors (Lipinski definition) is 2. The molecule has 240 valence electrons. The standard InChI is InChI=1S/C30H42O13/c1-13-19(39-14(2)31)11-30(37)25(36)24-28(9,20(40-15(3)32)10-21-29(24,12-38-21)43-18(6)35)26(42-17(5)34)23(41-16(4)33)22(13)27(30,7)8/h19-21,23-26,36-37H,10-12H2,1-9H3. The molecule has 3 aliphatic carbocycles. The molecule has 43 heavy (non-hydrogen) atoms. The summed E-state index contributed by atoms with van der Waals surface area (Å²) in [6, 6.07) is 0. The van der Waals surface area contributed by atoms with Gasteiger partial charge in [0.25, 0.3) is 0 Å². The minimum Gasteiger partial charge on any atom is -0.462 e. The number of ether oxygens (including phenoxy) is 6. The van der Waals surface area contributed by atoms with E-state index in [2.05, 4.69) is 0 Å². The Hall–Kier alpha value is -3.03. The van der Waals surface area contributed by atoms with Gasteiger partial charge in [0.05, 0.1) is 18.1 Å². The molecule has 0 aromatic rings. The summed E-state index contributed by atoms with van der Waals surface area (Å²) >= 11 is 0. The summed E-state index contributed by atoms with van der Waals surface area (Å²) < 4.78 is 35.1. The van der Waals surface area contributed by atoms with Gasteiger partial charge < -0.3 is 38.6 Å². The van der Waals surface area contributed by atoms with Crippen LogP contribution in [-0.2, 0) is 52.4 Å². The molecule has 3 fully saturated rings. The second kappa shape index (κ2) is 10.8. The third-order valence-electron chi connectivity index (χ3n) is 10.0. The van der Waals surface area contributed by atoms with Crippen LogP contribution in [0.1, 0.15) is 75.2 Å². The van der Waals surface area contributed by atoms with Crippen LogP contribution in [-0.4, -0.2) is 94.5 Å². The average Bonchev–Trinajstić information content (AvgIpc) is 2.84. The Balaban J connectivity index is 2.16. The molecule has 2 N–H and O–H groups in total. The monoisotopic (exact) mass is 610 g/mol. The van der Waals surface area contributed by atoms with Crippen LogP contribution in [0.25, 0.3) is 0 Å². The van der Waals surface area contributed by atoms with Crippen molar-refractivity contribution >= 4 is 29.8 Å². The predicted molar refractivity (Wildman–Crippen MR) is 145 cm³/mol. The SMILES string of the molecule is CC(=O)OC1CC2(O)C(O)C3C4(OC(C)=O)COC4CC(OC(C)=O)C3(C)C(OC(C)=O)C(OC(C)=O)C(=C1C)C2(C)C. The Kier molecular flexibility index (Phi) is 8.29. The van der Waals surface area contributed by atoms with Crippen LogP contribution in [0.5, 0.6) is 0 Å². The molecule has 10 unspecified atom stereocenters. The zero-order valence-corrected chi connectivity index (χ0v) is 26.0. The highest BCUT2D eigenvalue weighted by Crippen LogP contribution is 2.65. The number of rotatable bonds is 5. The molecule has 2 saturated carbocycles. The Morgan fingerprint density at radius 2 is 1.40 bits per heavy atom. The van der Waals surface area contributed by atoms with Crippen LogP contribution in [0, 0.1) is 16.7 Å². The molecule has 4 rings (SSSR count). The first kappa shape index (κ1) is 32.9. The number of aliphatic hydroxyl groups excluding tert-OH is 1. The maximum Gasteiger partial charge on any atom is 0.303 e. The minimum atomic E-state index is -2.11. The van der Waals surface area contributed by atoms with Crippen molar-refractivity contribution in [2.75, 3.05) is 6.61 Å². The van der Waals surface area contributed by atoms with Gasteiger partial charge >= 0.3 is 29.8 Å². The molecule has 1 heterocycles. The molecule has 0 aromatic heterocycles. The number of hydrogen-bond acceptors (Lipinski definition) is 13. The van der Waals surface area contributed by atoms with E-state index in [1.54, 1.807) is 27.7 Å². The molecule has 4 aliphatic rings. The summed E-state index contributed by atoms with van der Waals surface area (Å²) in [6.07, 6.45) is -7.98. The fourth-order valence-corrected chi connectivity index (χ4v) is 8.28. The van der Waals surface area contributed by atoms with Crippen molar-refractivity contribution in [1.82, 2.24) is 0 Å². The summed E-state index contributed by atoms with van der Waals surface area (Å²) in [5, 5.41) is 25.3. The fraction of sp³-hybridized carbons (Fsp3) is 0.767. The van der Waals surface area contributed by atoms with E-state index >= 15 is 0 Å². The van der Waals surface area contributed by atoms with Crippen molar-refractivity contribution in [2.24, 2.45) is 16.7 Å². The maximum atomic E-state index is 12.8. The number of esters is 5. The molecule has 0 aromatic carbocycles. The van der Waals surface area contributed by atoms with E-state index in [1.165, 1.54) is 27.7 Å². The summed E-state index contributed by atoms with van der Waals surface area (Å²) in [5.74, 6) is -4.87. The van der Waals surface area contributed by atoms with E-state index in [-0.39, 0.29) is 25.0 Å². The zero-order chi connectivity index (χ0) is 32.4. The van der Waals surface area contributed by atoms with Gasteiger partial charge in [0.15, 0.2) is 17.8 Å². The third kappa shape index (κ3) is 4.93. The average molecular weight is 611 g/mol. The molecule has 13 nitrogen and oxygen atoms in total. The Bertz CT molecular complexity index is 1250. The topological polar surface area (TPSA) is 181 Å².